The van der Waals surface area contributed by atoms with Gasteiger partial charge in [-0.25, -0.2) is 0 Å². The molecule has 168 valence electrons. The van der Waals surface area contributed by atoms with Crippen LogP contribution in [0.25, 0.3) is 11.4 Å². The maximum atomic E-state index is 12.5. The van der Waals surface area contributed by atoms with Gasteiger partial charge in [0.05, 0.1) is 6.54 Å². The van der Waals surface area contributed by atoms with E-state index in [2.05, 4.69) is 51.5 Å². The lowest BCUT2D eigenvalue weighted by molar-refractivity contribution is -0.126. The lowest BCUT2D eigenvalue weighted by Crippen LogP contribution is -2.40. The van der Waals surface area contributed by atoms with E-state index >= 15 is 0 Å². The van der Waals surface area contributed by atoms with E-state index < -0.39 is 0 Å². The molecule has 1 aliphatic rings. The van der Waals surface area contributed by atoms with Gasteiger partial charge in [-0.3, -0.25) is 9.69 Å². The zero-order valence-corrected chi connectivity index (χ0v) is 19.0. The molecule has 6 heteroatoms. The van der Waals surface area contributed by atoms with Crippen molar-refractivity contribution in [3.8, 4) is 11.4 Å². The van der Waals surface area contributed by atoms with Crippen LogP contribution in [0, 0.1) is 19.8 Å². The number of nitrogens with one attached hydrogen (secondary N) is 1. The number of hydrogen-bond acceptors (Lipinski definition) is 5. The van der Waals surface area contributed by atoms with E-state index in [1.807, 2.05) is 31.2 Å². The van der Waals surface area contributed by atoms with Crippen LogP contribution in [0.5, 0.6) is 0 Å². The van der Waals surface area contributed by atoms with E-state index in [4.69, 9.17) is 4.52 Å². The van der Waals surface area contributed by atoms with Gasteiger partial charge in [-0.2, -0.15) is 4.98 Å². The number of aromatic nitrogens is 2. The van der Waals surface area contributed by atoms with E-state index in [0.717, 1.165) is 56.4 Å². The van der Waals surface area contributed by atoms with Crippen molar-refractivity contribution in [2.24, 2.45) is 5.92 Å². The maximum absolute atomic E-state index is 12.5. The molecule has 6 nitrogen and oxygen atoms in total. The van der Waals surface area contributed by atoms with E-state index in [9.17, 15) is 4.79 Å². The van der Waals surface area contributed by atoms with Gasteiger partial charge in [0.1, 0.15) is 0 Å². The normalized spacial score (nSPS) is 15.1. The SMILES string of the molecule is Cc1ccc(CCCNC(=O)C2CCN(Cc3nc(-c4ccccc4C)no3)CC2)cc1. The van der Waals surface area contributed by atoms with Crippen LogP contribution in [0.2, 0.25) is 0 Å². The van der Waals surface area contributed by atoms with Gasteiger partial charge in [-0.1, -0.05) is 59.3 Å². The van der Waals surface area contributed by atoms with Gasteiger partial charge in [0.25, 0.3) is 0 Å². The summed E-state index contributed by atoms with van der Waals surface area (Å²) in [4.78, 5) is 19.4. The highest BCUT2D eigenvalue weighted by atomic mass is 16.5. The molecule has 3 aromatic rings. The summed E-state index contributed by atoms with van der Waals surface area (Å²) in [6.45, 7) is 7.23. The standard InChI is InChI=1S/C26H32N4O2/c1-19-9-11-21(12-10-19)7-5-15-27-26(31)22-13-16-30(17-14-22)18-24-28-25(29-32-24)23-8-4-3-6-20(23)2/h3-4,6,8-12,22H,5,7,13-18H2,1-2H3,(H,27,31). The zero-order chi connectivity index (χ0) is 22.3. The number of nitrogens with zero attached hydrogens (tertiary/aromatic N) is 3. The van der Waals surface area contributed by atoms with Crippen LogP contribution >= 0.6 is 0 Å². The van der Waals surface area contributed by atoms with Gasteiger partial charge in [-0.05, 0) is 63.7 Å². The van der Waals surface area contributed by atoms with Crippen molar-refractivity contribution in [1.29, 1.82) is 0 Å². The molecule has 4 rings (SSSR count). The van der Waals surface area contributed by atoms with Crippen LogP contribution in [-0.4, -0.2) is 40.6 Å². The molecule has 0 unspecified atom stereocenters. The van der Waals surface area contributed by atoms with Crippen molar-refractivity contribution in [2.75, 3.05) is 19.6 Å². The van der Waals surface area contributed by atoms with Crippen LogP contribution in [0.1, 0.15) is 41.8 Å². The van der Waals surface area contributed by atoms with E-state index in [1.54, 1.807) is 0 Å². The van der Waals surface area contributed by atoms with Gasteiger partial charge < -0.3 is 9.84 Å². The number of benzene rings is 2. The first kappa shape index (κ1) is 22.2. The Labute approximate surface area is 190 Å². The number of rotatable bonds is 8. The fourth-order valence-corrected chi connectivity index (χ4v) is 4.20. The molecule has 0 bridgehead atoms. The van der Waals surface area contributed by atoms with Gasteiger partial charge >= 0.3 is 0 Å². The summed E-state index contributed by atoms with van der Waals surface area (Å²) in [5, 5.41) is 7.27. The van der Waals surface area contributed by atoms with Gasteiger partial charge in [0, 0.05) is 18.0 Å². The third kappa shape index (κ3) is 5.82. The Hall–Kier alpha value is -2.99. The topological polar surface area (TPSA) is 71.3 Å². The molecule has 0 atom stereocenters. The van der Waals surface area contributed by atoms with Crippen molar-refractivity contribution < 1.29 is 9.32 Å². The molecule has 32 heavy (non-hydrogen) atoms. The van der Waals surface area contributed by atoms with Gasteiger partial charge in [0.2, 0.25) is 17.6 Å². The Morgan fingerprint density at radius 1 is 1.09 bits per heavy atom. The zero-order valence-electron chi connectivity index (χ0n) is 19.0. The minimum Gasteiger partial charge on any atom is -0.356 e. The Morgan fingerprint density at radius 3 is 2.59 bits per heavy atom. The molecule has 0 radical (unpaired) electrons. The first-order valence-corrected chi connectivity index (χ1v) is 11.5. The van der Waals surface area contributed by atoms with Crippen molar-refractivity contribution in [2.45, 2.75) is 46.1 Å². The van der Waals surface area contributed by atoms with Crippen LogP contribution < -0.4 is 5.32 Å². The van der Waals surface area contributed by atoms with Crippen LogP contribution in [0.3, 0.4) is 0 Å². The largest absolute Gasteiger partial charge is 0.356 e. The summed E-state index contributed by atoms with van der Waals surface area (Å²) in [5.74, 6) is 1.55. The summed E-state index contributed by atoms with van der Waals surface area (Å²) in [6.07, 6.45) is 3.69. The predicted molar refractivity (Wildman–Crippen MR) is 125 cm³/mol. The average molecular weight is 433 g/mol. The molecular formula is C26H32N4O2. The molecule has 0 saturated carbocycles. The molecule has 2 aromatic carbocycles. The molecule has 1 aromatic heterocycles. The molecule has 1 saturated heterocycles. The minimum absolute atomic E-state index is 0.0934. The Bertz CT molecular complexity index is 1020. The second-order valence-electron chi connectivity index (χ2n) is 8.76. The average Bonchev–Trinajstić information content (AvgIpc) is 3.27. The highest BCUT2D eigenvalue weighted by Crippen LogP contribution is 2.22. The van der Waals surface area contributed by atoms with Crippen molar-refractivity contribution in [1.82, 2.24) is 20.4 Å². The van der Waals surface area contributed by atoms with Gasteiger partial charge in [-0.15, -0.1) is 0 Å². The highest BCUT2D eigenvalue weighted by Gasteiger charge is 2.25. The number of likely N-dealkylation sites (tertiary alicyclic amines) is 1. The lowest BCUT2D eigenvalue weighted by Gasteiger charge is -2.30. The summed E-state index contributed by atoms with van der Waals surface area (Å²) >= 11 is 0. The van der Waals surface area contributed by atoms with Crippen LogP contribution in [0.4, 0.5) is 0 Å². The molecule has 1 amide bonds. The summed E-state index contributed by atoms with van der Waals surface area (Å²) < 4.78 is 5.48. The smallest absolute Gasteiger partial charge is 0.241 e. The quantitative estimate of drug-likeness (QED) is 0.537. The minimum atomic E-state index is 0.0934. The maximum Gasteiger partial charge on any atom is 0.241 e. The van der Waals surface area contributed by atoms with Crippen molar-refractivity contribution >= 4 is 5.91 Å². The van der Waals surface area contributed by atoms with Crippen molar-refractivity contribution in [3.05, 3.63) is 71.1 Å². The fraction of sp³-hybridized carbons (Fsp3) is 0.423. The molecule has 1 aliphatic heterocycles. The Morgan fingerprint density at radius 2 is 1.84 bits per heavy atom. The number of carbonyl (C=O) groups is 1. The fourth-order valence-electron chi connectivity index (χ4n) is 4.20. The van der Waals surface area contributed by atoms with Gasteiger partial charge in [0.15, 0.2) is 0 Å². The van der Waals surface area contributed by atoms with Crippen molar-refractivity contribution in [3.63, 3.8) is 0 Å². The number of piperidine rings is 1. The monoisotopic (exact) mass is 432 g/mol. The lowest BCUT2D eigenvalue weighted by atomic mass is 9.96. The van der Waals surface area contributed by atoms with E-state index in [1.165, 1.54) is 11.1 Å². The second kappa shape index (κ2) is 10.6. The molecule has 2 heterocycles. The third-order valence-corrected chi connectivity index (χ3v) is 6.23. The number of carbonyl (C=O) groups excluding carboxylic acids is 1. The summed E-state index contributed by atoms with van der Waals surface area (Å²) in [7, 11) is 0. The first-order chi connectivity index (χ1) is 15.6. The second-order valence-corrected chi connectivity index (χ2v) is 8.76. The molecular weight excluding hydrogens is 400 g/mol. The highest BCUT2D eigenvalue weighted by molar-refractivity contribution is 5.78. The third-order valence-electron chi connectivity index (χ3n) is 6.23. The number of amides is 1. The van der Waals surface area contributed by atoms with Crippen LogP contribution in [0.15, 0.2) is 53.1 Å². The first-order valence-electron chi connectivity index (χ1n) is 11.5. The number of aryl methyl sites for hydroxylation is 3. The Balaban J connectivity index is 1.18. The molecule has 1 fully saturated rings. The van der Waals surface area contributed by atoms with Crippen LogP contribution in [-0.2, 0) is 17.8 Å². The number of hydrogen-bond donors (Lipinski definition) is 1. The van der Waals surface area contributed by atoms with E-state index in [-0.39, 0.29) is 11.8 Å². The molecule has 0 spiro atoms. The van der Waals surface area contributed by atoms with E-state index in [0.29, 0.717) is 18.3 Å². The molecule has 1 N–H and O–H groups in total. The molecule has 0 aliphatic carbocycles. The summed E-state index contributed by atoms with van der Waals surface area (Å²) in [6, 6.07) is 16.7. The predicted octanol–water partition coefficient (Wildman–Crippen LogP) is 4.31. The summed E-state index contributed by atoms with van der Waals surface area (Å²) in [5.41, 5.74) is 4.73. The Kier molecular flexibility index (Phi) is 7.32.